The zero-order valence-electron chi connectivity index (χ0n) is 8.99. The highest BCUT2D eigenvalue weighted by molar-refractivity contribution is 6.30. The highest BCUT2D eigenvalue weighted by atomic mass is 35.5. The fraction of sp³-hybridized carbons (Fsp3) is 0.273. The molecule has 0 heterocycles. The van der Waals surface area contributed by atoms with Gasteiger partial charge < -0.3 is 10.1 Å². The summed E-state index contributed by atoms with van der Waals surface area (Å²) in [5.41, 5.74) is 0.445. The van der Waals surface area contributed by atoms with Gasteiger partial charge in [-0.1, -0.05) is 11.6 Å². The first-order valence-corrected chi connectivity index (χ1v) is 5.06. The molecular formula is C11H12ClNO3. The number of hydrogen-bond donors (Lipinski definition) is 1. The minimum atomic E-state index is -0.673. The van der Waals surface area contributed by atoms with Crippen molar-refractivity contribution in [2.75, 3.05) is 7.11 Å². The molecule has 1 N–H and O–H groups in total. The van der Waals surface area contributed by atoms with Crippen LogP contribution in [0, 0.1) is 0 Å². The Kier molecular flexibility index (Phi) is 4.31. The SMILES string of the molecule is COC(=O)C(C)NC(=O)c1ccc(Cl)cc1. The van der Waals surface area contributed by atoms with Crippen molar-refractivity contribution in [1.29, 1.82) is 0 Å². The summed E-state index contributed by atoms with van der Waals surface area (Å²) in [4.78, 5) is 22.7. The molecule has 1 atom stereocenters. The Labute approximate surface area is 98.5 Å². The van der Waals surface area contributed by atoms with E-state index < -0.39 is 12.0 Å². The second-order valence-corrected chi connectivity index (χ2v) is 3.66. The van der Waals surface area contributed by atoms with Crippen molar-refractivity contribution in [3.05, 3.63) is 34.9 Å². The molecule has 5 heteroatoms. The maximum atomic E-state index is 11.6. The lowest BCUT2D eigenvalue weighted by atomic mass is 10.2. The first-order valence-electron chi connectivity index (χ1n) is 4.69. The summed E-state index contributed by atoms with van der Waals surface area (Å²) in [5.74, 6) is -0.822. The second-order valence-electron chi connectivity index (χ2n) is 3.23. The van der Waals surface area contributed by atoms with Crippen LogP contribution >= 0.6 is 11.6 Å². The first kappa shape index (κ1) is 12.5. The zero-order chi connectivity index (χ0) is 12.1. The lowest BCUT2D eigenvalue weighted by Gasteiger charge is -2.11. The molecule has 1 amide bonds. The van der Waals surface area contributed by atoms with E-state index in [0.717, 1.165) is 0 Å². The Balaban J connectivity index is 2.65. The molecule has 0 fully saturated rings. The van der Waals surface area contributed by atoms with E-state index in [1.54, 1.807) is 31.2 Å². The summed E-state index contributed by atoms with van der Waals surface area (Å²) >= 11 is 5.69. The number of carbonyl (C=O) groups excluding carboxylic acids is 2. The molecule has 0 aliphatic rings. The van der Waals surface area contributed by atoms with Gasteiger partial charge in [0.25, 0.3) is 5.91 Å². The predicted molar refractivity (Wildman–Crippen MR) is 60.4 cm³/mol. The number of methoxy groups -OCH3 is 1. The molecule has 0 saturated heterocycles. The summed E-state index contributed by atoms with van der Waals surface area (Å²) < 4.78 is 4.49. The summed E-state index contributed by atoms with van der Waals surface area (Å²) in [6.45, 7) is 1.56. The smallest absolute Gasteiger partial charge is 0.328 e. The fourth-order valence-corrected chi connectivity index (χ4v) is 1.24. The van der Waals surface area contributed by atoms with E-state index in [2.05, 4.69) is 10.1 Å². The number of carbonyl (C=O) groups is 2. The van der Waals surface area contributed by atoms with Gasteiger partial charge in [-0.3, -0.25) is 4.79 Å². The van der Waals surface area contributed by atoms with Crippen LogP contribution in [-0.2, 0) is 9.53 Å². The molecule has 1 aromatic carbocycles. The Hall–Kier alpha value is -1.55. The van der Waals surface area contributed by atoms with Gasteiger partial charge in [0, 0.05) is 10.6 Å². The molecule has 0 aliphatic carbocycles. The third-order valence-electron chi connectivity index (χ3n) is 2.01. The van der Waals surface area contributed by atoms with E-state index in [-0.39, 0.29) is 5.91 Å². The van der Waals surface area contributed by atoms with E-state index >= 15 is 0 Å². The van der Waals surface area contributed by atoms with E-state index in [1.807, 2.05) is 0 Å². The van der Waals surface area contributed by atoms with Gasteiger partial charge in [-0.2, -0.15) is 0 Å². The number of hydrogen-bond acceptors (Lipinski definition) is 3. The maximum Gasteiger partial charge on any atom is 0.328 e. The van der Waals surface area contributed by atoms with Crippen LogP contribution in [0.3, 0.4) is 0 Å². The Bertz CT molecular complexity index is 389. The number of ether oxygens (including phenoxy) is 1. The quantitative estimate of drug-likeness (QED) is 0.819. The monoisotopic (exact) mass is 241 g/mol. The molecule has 86 valence electrons. The molecular weight excluding hydrogens is 230 g/mol. The molecule has 16 heavy (non-hydrogen) atoms. The van der Waals surface area contributed by atoms with Gasteiger partial charge in [0.05, 0.1) is 7.11 Å². The van der Waals surface area contributed by atoms with Crippen molar-refractivity contribution in [2.24, 2.45) is 0 Å². The minimum absolute atomic E-state index is 0.338. The van der Waals surface area contributed by atoms with Gasteiger partial charge in [-0.15, -0.1) is 0 Å². The highest BCUT2D eigenvalue weighted by Gasteiger charge is 2.16. The number of benzene rings is 1. The number of amides is 1. The maximum absolute atomic E-state index is 11.6. The van der Waals surface area contributed by atoms with E-state index in [1.165, 1.54) is 7.11 Å². The van der Waals surface area contributed by atoms with E-state index in [9.17, 15) is 9.59 Å². The van der Waals surface area contributed by atoms with Crippen molar-refractivity contribution < 1.29 is 14.3 Å². The molecule has 0 spiro atoms. The average molecular weight is 242 g/mol. The van der Waals surface area contributed by atoms with Crippen molar-refractivity contribution >= 4 is 23.5 Å². The van der Waals surface area contributed by atoms with E-state index in [0.29, 0.717) is 10.6 Å². The van der Waals surface area contributed by atoms with Gasteiger partial charge in [0.15, 0.2) is 0 Å². The molecule has 1 unspecified atom stereocenters. The molecule has 0 saturated carbocycles. The Morgan fingerprint density at radius 3 is 2.38 bits per heavy atom. The first-order chi connectivity index (χ1) is 7.54. The summed E-state index contributed by atoms with van der Waals surface area (Å²) in [7, 11) is 1.27. The van der Waals surface area contributed by atoms with Crippen LogP contribution in [0.5, 0.6) is 0 Å². The highest BCUT2D eigenvalue weighted by Crippen LogP contribution is 2.09. The predicted octanol–water partition coefficient (Wildman–Crippen LogP) is 1.63. The average Bonchev–Trinajstić information content (AvgIpc) is 2.28. The summed E-state index contributed by atoms with van der Waals surface area (Å²) in [6, 6.07) is 5.72. The number of esters is 1. The number of nitrogens with one attached hydrogen (secondary N) is 1. The normalized spacial score (nSPS) is 11.7. The molecule has 0 bridgehead atoms. The summed E-state index contributed by atoms with van der Waals surface area (Å²) in [5, 5.41) is 3.06. The lowest BCUT2D eigenvalue weighted by Crippen LogP contribution is -2.39. The molecule has 4 nitrogen and oxygen atoms in total. The van der Waals surface area contributed by atoms with Crippen LogP contribution in [0.4, 0.5) is 0 Å². The molecule has 0 aliphatic heterocycles. The van der Waals surface area contributed by atoms with Crippen LogP contribution in [0.2, 0.25) is 5.02 Å². The molecule has 1 rings (SSSR count). The van der Waals surface area contributed by atoms with E-state index in [4.69, 9.17) is 11.6 Å². The van der Waals surface area contributed by atoms with Crippen LogP contribution in [-0.4, -0.2) is 25.0 Å². The van der Waals surface area contributed by atoms with Gasteiger partial charge in [-0.05, 0) is 31.2 Å². The topological polar surface area (TPSA) is 55.4 Å². The van der Waals surface area contributed by atoms with Gasteiger partial charge in [-0.25, -0.2) is 4.79 Å². The fourth-order valence-electron chi connectivity index (χ4n) is 1.12. The van der Waals surface area contributed by atoms with Crippen LogP contribution in [0.1, 0.15) is 17.3 Å². The van der Waals surface area contributed by atoms with Crippen molar-refractivity contribution in [3.63, 3.8) is 0 Å². The minimum Gasteiger partial charge on any atom is -0.467 e. The molecule has 1 aromatic rings. The largest absolute Gasteiger partial charge is 0.467 e. The number of rotatable bonds is 3. The van der Waals surface area contributed by atoms with Gasteiger partial charge >= 0.3 is 5.97 Å². The Morgan fingerprint density at radius 1 is 1.31 bits per heavy atom. The van der Waals surface area contributed by atoms with Crippen LogP contribution in [0.15, 0.2) is 24.3 Å². The van der Waals surface area contributed by atoms with Crippen LogP contribution < -0.4 is 5.32 Å². The molecule has 0 radical (unpaired) electrons. The Morgan fingerprint density at radius 2 is 1.88 bits per heavy atom. The van der Waals surface area contributed by atoms with Gasteiger partial charge in [0.2, 0.25) is 0 Å². The second kappa shape index (κ2) is 5.51. The van der Waals surface area contributed by atoms with Crippen molar-refractivity contribution in [1.82, 2.24) is 5.32 Å². The van der Waals surface area contributed by atoms with Crippen LogP contribution in [0.25, 0.3) is 0 Å². The zero-order valence-corrected chi connectivity index (χ0v) is 9.75. The number of halogens is 1. The lowest BCUT2D eigenvalue weighted by molar-refractivity contribution is -0.142. The summed E-state index contributed by atoms with van der Waals surface area (Å²) in [6.07, 6.45) is 0. The third kappa shape index (κ3) is 3.24. The van der Waals surface area contributed by atoms with Crippen molar-refractivity contribution in [3.8, 4) is 0 Å². The standard InChI is InChI=1S/C11H12ClNO3/c1-7(11(15)16-2)13-10(14)8-3-5-9(12)6-4-8/h3-7H,1-2H3,(H,13,14). The van der Waals surface area contributed by atoms with Gasteiger partial charge in [0.1, 0.15) is 6.04 Å². The van der Waals surface area contributed by atoms with Crippen molar-refractivity contribution in [2.45, 2.75) is 13.0 Å². The molecule has 0 aromatic heterocycles. The third-order valence-corrected chi connectivity index (χ3v) is 2.26.